The molecule has 6 heteroatoms. The minimum atomic E-state index is -0.195. The average molecular weight is 347 g/mol. The molecule has 1 aliphatic rings. The molecule has 0 aliphatic carbocycles. The molecule has 2 heterocycles. The van der Waals surface area contributed by atoms with Crippen LogP contribution in [0.3, 0.4) is 0 Å². The molecule has 1 aromatic heterocycles. The summed E-state index contributed by atoms with van der Waals surface area (Å²) in [7, 11) is 0. The van der Waals surface area contributed by atoms with Crippen LogP contribution in [0.25, 0.3) is 6.08 Å². The molecule has 0 saturated heterocycles. The maximum Gasteiger partial charge on any atom is 0.248 e. The quantitative estimate of drug-likeness (QED) is 0.719. The van der Waals surface area contributed by atoms with Crippen molar-refractivity contribution in [2.75, 3.05) is 12.1 Å². The smallest absolute Gasteiger partial charge is 0.248 e. The Morgan fingerprint density at radius 3 is 2.96 bits per heavy atom. The Morgan fingerprint density at radius 2 is 2.08 bits per heavy atom. The van der Waals surface area contributed by atoms with Crippen LogP contribution in [0.1, 0.15) is 11.1 Å². The summed E-state index contributed by atoms with van der Waals surface area (Å²) in [5, 5.41) is 7.06. The summed E-state index contributed by atoms with van der Waals surface area (Å²) in [5.41, 5.74) is 2.68. The molecule has 4 rings (SSSR count). The Bertz CT molecular complexity index is 949. The molecule has 0 spiro atoms. The van der Waals surface area contributed by atoms with Gasteiger partial charge >= 0.3 is 0 Å². The van der Waals surface area contributed by atoms with Crippen LogP contribution in [-0.4, -0.2) is 22.5 Å². The van der Waals surface area contributed by atoms with E-state index in [0.29, 0.717) is 12.3 Å². The van der Waals surface area contributed by atoms with Crippen LogP contribution in [-0.2, 0) is 11.3 Å². The molecule has 1 N–H and O–H groups in total. The van der Waals surface area contributed by atoms with Gasteiger partial charge in [-0.05, 0) is 47.5 Å². The molecule has 0 unspecified atom stereocenters. The Labute approximate surface area is 150 Å². The molecular formula is C20H17N3O3. The van der Waals surface area contributed by atoms with Crippen molar-refractivity contribution in [2.24, 2.45) is 0 Å². The maximum absolute atomic E-state index is 12.2. The first kappa shape index (κ1) is 16.0. The molecule has 0 saturated carbocycles. The summed E-state index contributed by atoms with van der Waals surface area (Å²) in [6, 6.07) is 15.1. The van der Waals surface area contributed by atoms with Crippen LogP contribution < -0.4 is 14.8 Å². The van der Waals surface area contributed by atoms with Crippen LogP contribution in [0.5, 0.6) is 11.5 Å². The summed E-state index contributed by atoms with van der Waals surface area (Å²) in [4.78, 5) is 12.2. The zero-order chi connectivity index (χ0) is 17.8. The van der Waals surface area contributed by atoms with Crippen molar-refractivity contribution in [1.82, 2.24) is 9.78 Å². The zero-order valence-electron chi connectivity index (χ0n) is 14.0. The van der Waals surface area contributed by atoms with E-state index in [2.05, 4.69) is 10.4 Å². The summed E-state index contributed by atoms with van der Waals surface area (Å²) >= 11 is 0. The largest absolute Gasteiger partial charge is 0.454 e. The summed E-state index contributed by atoms with van der Waals surface area (Å²) < 4.78 is 12.4. The van der Waals surface area contributed by atoms with Gasteiger partial charge in [0.1, 0.15) is 0 Å². The van der Waals surface area contributed by atoms with Crippen molar-refractivity contribution in [3.8, 4) is 11.5 Å². The van der Waals surface area contributed by atoms with Gasteiger partial charge in [-0.1, -0.05) is 18.2 Å². The van der Waals surface area contributed by atoms with Crippen molar-refractivity contribution in [3.05, 3.63) is 78.1 Å². The highest BCUT2D eigenvalue weighted by atomic mass is 16.7. The lowest BCUT2D eigenvalue weighted by molar-refractivity contribution is -0.111. The van der Waals surface area contributed by atoms with Gasteiger partial charge in [-0.3, -0.25) is 9.48 Å². The topological polar surface area (TPSA) is 65.4 Å². The maximum atomic E-state index is 12.2. The number of aromatic nitrogens is 2. The molecule has 6 nitrogen and oxygen atoms in total. The number of fused-ring (bicyclic) bond motifs is 1. The van der Waals surface area contributed by atoms with Crippen LogP contribution in [0.4, 0.5) is 5.69 Å². The molecular weight excluding hydrogens is 330 g/mol. The zero-order valence-corrected chi connectivity index (χ0v) is 14.0. The molecule has 1 aliphatic heterocycles. The Kier molecular flexibility index (Phi) is 4.38. The summed E-state index contributed by atoms with van der Waals surface area (Å²) in [5.74, 6) is 1.22. The molecule has 26 heavy (non-hydrogen) atoms. The Morgan fingerprint density at radius 1 is 1.15 bits per heavy atom. The fraction of sp³-hybridized carbons (Fsp3) is 0.100. The van der Waals surface area contributed by atoms with Crippen molar-refractivity contribution in [1.29, 1.82) is 0 Å². The number of anilines is 1. The minimum absolute atomic E-state index is 0.195. The van der Waals surface area contributed by atoms with Crippen LogP contribution >= 0.6 is 0 Å². The molecule has 1 amide bonds. The van der Waals surface area contributed by atoms with Gasteiger partial charge in [0.25, 0.3) is 0 Å². The standard InChI is InChI=1S/C20H17N3O3/c24-20(8-6-15-5-7-18-19(12-15)26-14-25-18)22-17-4-1-3-16(11-17)13-23-10-2-9-21-23/h1-12H,13-14H2,(H,22,24)/b8-6+. The fourth-order valence-corrected chi connectivity index (χ4v) is 2.70. The van der Waals surface area contributed by atoms with Gasteiger partial charge in [-0.15, -0.1) is 0 Å². The molecule has 0 bridgehead atoms. The first-order chi connectivity index (χ1) is 12.8. The van der Waals surface area contributed by atoms with Crippen LogP contribution in [0.15, 0.2) is 67.0 Å². The number of nitrogens with zero attached hydrogens (tertiary/aromatic N) is 2. The third-order valence-electron chi connectivity index (χ3n) is 3.92. The normalized spacial score (nSPS) is 12.5. The van der Waals surface area contributed by atoms with Crippen LogP contribution in [0.2, 0.25) is 0 Å². The van der Waals surface area contributed by atoms with Crippen molar-refractivity contribution in [3.63, 3.8) is 0 Å². The first-order valence-corrected chi connectivity index (χ1v) is 8.21. The number of benzene rings is 2. The summed E-state index contributed by atoms with van der Waals surface area (Å²) in [6.07, 6.45) is 6.88. The second-order valence-corrected chi connectivity index (χ2v) is 5.84. The number of ether oxygens (including phenoxy) is 2. The second-order valence-electron chi connectivity index (χ2n) is 5.84. The van der Waals surface area contributed by atoms with E-state index in [4.69, 9.17) is 9.47 Å². The van der Waals surface area contributed by atoms with E-state index < -0.39 is 0 Å². The van der Waals surface area contributed by atoms with Gasteiger partial charge in [-0.25, -0.2) is 0 Å². The van der Waals surface area contributed by atoms with Crippen molar-refractivity contribution in [2.45, 2.75) is 6.54 Å². The van der Waals surface area contributed by atoms with Crippen molar-refractivity contribution >= 4 is 17.7 Å². The highest BCUT2D eigenvalue weighted by Crippen LogP contribution is 2.32. The Hall–Kier alpha value is -3.54. The van der Waals surface area contributed by atoms with Crippen LogP contribution in [0, 0.1) is 0 Å². The van der Waals surface area contributed by atoms with Gasteiger partial charge in [0.15, 0.2) is 11.5 Å². The third-order valence-corrected chi connectivity index (χ3v) is 3.92. The number of nitrogens with one attached hydrogen (secondary N) is 1. The van der Waals surface area contributed by atoms with Crippen molar-refractivity contribution < 1.29 is 14.3 Å². The van der Waals surface area contributed by atoms with E-state index in [9.17, 15) is 4.79 Å². The monoisotopic (exact) mass is 347 g/mol. The predicted octanol–water partition coefficient (Wildman–Crippen LogP) is 3.31. The van der Waals surface area contributed by atoms with E-state index in [1.165, 1.54) is 6.08 Å². The molecule has 2 aromatic carbocycles. The van der Waals surface area contributed by atoms with E-state index >= 15 is 0 Å². The van der Waals surface area contributed by atoms with E-state index in [1.807, 2.05) is 59.4 Å². The lowest BCUT2D eigenvalue weighted by atomic mass is 10.2. The first-order valence-electron chi connectivity index (χ1n) is 8.21. The third kappa shape index (κ3) is 3.75. The Balaban J connectivity index is 1.40. The molecule has 0 radical (unpaired) electrons. The van der Waals surface area contributed by atoms with Gasteiger partial charge in [0.2, 0.25) is 12.7 Å². The number of rotatable bonds is 5. The summed E-state index contributed by atoms with van der Waals surface area (Å²) in [6.45, 7) is 0.890. The number of hydrogen-bond acceptors (Lipinski definition) is 4. The predicted molar refractivity (Wildman–Crippen MR) is 98.0 cm³/mol. The minimum Gasteiger partial charge on any atom is -0.454 e. The lowest BCUT2D eigenvalue weighted by Gasteiger charge is -2.06. The molecule has 130 valence electrons. The van der Waals surface area contributed by atoms with E-state index in [0.717, 1.165) is 22.6 Å². The van der Waals surface area contributed by atoms with Gasteiger partial charge in [0.05, 0.1) is 6.54 Å². The number of amides is 1. The molecule has 3 aromatic rings. The number of carbonyl (C=O) groups excluding carboxylic acids is 1. The second kappa shape index (κ2) is 7.14. The fourth-order valence-electron chi connectivity index (χ4n) is 2.70. The van der Waals surface area contributed by atoms with Gasteiger partial charge < -0.3 is 14.8 Å². The van der Waals surface area contributed by atoms with Gasteiger partial charge in [-0.2, -0.15) is 5.10 Å². The highest BCUT2D eigenvalue weighted by molar-refractivity contribution is 6.02. The van der Waals surface area contributed by atoms with E-state index in [1.54, 1.807) is 12.3 Å². The van der Waals surface area contributed by atoms with E-state index in [-0.39, 0.29) is 12.7 Å². The highest BCUT2D eigenvalue weighted by Gasteiger charge is 2.12. The lowest BCUT2D eigenvalue weighted by Crippen LogP contribution is -2.08. The number of hydrogen-bond donors (Lipinski definition) is 1. The molecule has 0 fully saturated rings. The molecule has 0 atom stereocenters. The average Bonchev–Trinajstić information content (AvgIpc) is 3.31. The number of carbonyl (C=O) groups is 1. The van der Waals surface area contributed by atoms with Gasteiger partial charge in [0, 0.05) is 24.2 Å². The SMILES string of the molecule is O=C(/C=C/c1ccc2c(c1)OCO2)Nc1cccc(Cn2cccn2)c1.